The molecule has 1 atom stereocenters. The first-order valence-corrected chi connectivity index (χ1v) is 3.70. The summed E-state index contributed by atoms with van der Waals surface area (Å²) in [5.41, 5.74) is 5.66. The van der Waals surface area contributed by atoms with Crippen LogP contribution in [0.2, 0.25) is 0 Å². The zero-order valence-corrected chi connectivity index (χ0v) is 6.75. The molecule has 0 aromatic carbocycles. The highest BCUT2D eigenvalue weighted by molar-refractivity contribution is 4.91. The predicted octanol–water partition coefficient (Wildman–Crippen LogP) is 0.908. The van der Waals surface area contributed by atoms with E-state index in [0.717, 1.165) is 6.42 Å². The number of aliphatic hydroxyl groups excluding tert-OH is 1. The Morgan fingerprint density at radius 3 is 2.50 bits per heavy atom. The average Bonchev–Trinajstić information content (AvgIpc) is 1.82. The third kappa shape index (κ3) is 5.79. The van der Waals surface area contributed by atoms with Crippen LogP contribution in [0.1, 0.15) is 20.3 Å². The lowest BCUT2D eigenvalue weighted by molar-refractivity contribution is 0.342. The maximum Gasteiger partial charge on any atom is 0.0612 e. The SMILES string of the molecule is CC(C)C[C@H](N)/C=C/CO. The lowest BCUT2D eigenvalue weighted by Gasteiger charge is -2.08. The Labute approximate surface area is 62.7 Å². The molecule has 10 heavy (non-hydrogen) atoms. The second kappa shape index (κ2) is 5.45. The van der Waals surface area contributed by atoms with Crippen LogP contribution in [-0.2, 0) is 0 Å². The van der Waals surface area contributed by atoms with Crippen LogP contribution >= 0.6 is 0 Å². The second-order valence-corrected chi connectivity index (χ2v) is 2.90. The van der Waals surface area contributed by atoms with Crippen molar-refractivity contribution in [2.75, 3.05) is 6.61 Å². The van der Waals surface area contributed by atoms with Crippen molar-refractivity contribution in [2.24, 2.45) is 11.7 Å². The number of aliphatic hydroxyl groups is 1. The van der Waals surface area contributed by atoms with Gasteiger partial charge < -0.3 is 10.8 Å². The first-order valence-electron chi connectivity index (χ1n) is 3.70. The number of rotatable bonds is 4. The maximum absolute atomic E-state index is 8.41. The van der Waals surface area contributed by atoms with Crippen molar-refractivity contribution < 1.29 is 5.11 Å². The van der Waals surface area contributed by atoms with Crippen molar-refractivity contribution in [1.29, 1.82) is 0 Å². The normalized spacial score (nSPS) is 14.9. The van der Waals surface area contributed by atoms with Gasteiger partial charge >= 0.3 is 0 Å². The molecule has 0 radical (unpaired) electrons. The van der Waals surface area contributed by atoms with Gasteiger partial charge in [0.2, 0.25) is 0 Å². The third-order valence-corrected chi connectivity index (χ3v) is 1.23. The van der Waals surface area contributed by atoms with Gasteiger partial charge in [0.25, 0.3) is 0 Å². The Bertz CT molecular complexity index is 99.4. The van der Waals surface area contributed by atoms with E-state index < -0.39 is 0 Å². The monoisotopic (exact) mass is 143 g/mol. The van der Waals surface area contributed by atoms with Crippen LogP contribution in [0.4, 0.5) is 0 Å². The molecule has 0 heterocycles. The third-order valence-electron chi connectivity index (χ3n) is 1.23. The van der Waals surface area contributed by atoms with Crippen molar-refractivity contribution in [3.05, 3.63) is 12.2 Å². The van der Waals surface area contributed by atoms with Crippen LogP contribution in [0.3, 0.4) is 0 Å². The topological polar surface area (TPSA) is 46.2 Å². The number of hydrogen-bond acceptors (Lipinski definition) is 2. The lowest BCUT2D eigenvalue weighted by atomic mass is 10.0. The van der Waals surface area contributed by atoms with Gasteiger partial charge in [-0.1, -0.05) is 26.0 Å². The molecule has 0 saturated carbocycles. The van der Waals surface area contributed by atoms with Gasteiger partial charge in [-0.15, -0.1) is 0 Å². The minimum Gasteiger partial charge on any atom is -0.392 e. The Kier molecular flexibility index (Phi) is 5.26. The molecule has 0 fully saturated rings. The summed E-state index contributed by atoms with van der Waals surface area (Å²) in [4.78, 5) is 0. The summed E-state index contributed by atoms with van der Waals surface area (Å²) in [7, 11) is 0. The molecule has 0 rings (SSSR count). The maximum atomic E-state index is 8.41. The van der Waals surface area contributed by atoms with E-state index in [1.165, 1.54) is 0 Å². The van der Waals surface area contributed by atoms with Crippen LogP contribution in [0.5, 0.6) is 0 Å². The minimum atomic E-state index is 0.0891. The lowest BCUT2D eigenvalue weighted by Crippen LogP contribution is -2.19. The fourth-order valence-corrected chi connectivity index (χ4v) is 0.859. The van der Waals surface area contributed by atoms with Crippen molar-refractivity contribution in [2.45, 2.75) is 26.3 Å². The zero-order chi connectivity index (χ0) is 7.98. The van der Waals surface area contributed by atoms with Gasteiger partial charge in [-0.2, -0.15) is 0 Å². The highest BCUT2D eigenvalue weighted by Crippen LogP contribution is 2.02. The summed E-state index contributed by atoms with van der Waals surface area (Å²) < 4.78 is 0. The Hall–Kier alpha value is -0.340. The Morgan fingerprint density at radius 2 is 2.10 bits per heavy atom. The molecular weight excluding hydrogens is 126 g/mol. The molecule has 0 unspecified atom stereocenters. The molecule has 0 aliphatic carbocycles. The van der Waals surface area contributed by atoms with Crippen molar-refractivity contribution >= 4 is 0 Å². The van der Waals surface area contributed by atoms with E-state index in [-0.39, 0.29) is 12.6 Å². The van der Waals surface area contributed by atoms with E-state index >= 15 is 0 Å². The van der Waals surface area contributed by atoms with Crippen molar-refractivity contribution in [3.63, 3.8) is 0 Å². The minimum absolute atomic E-state index is 0.0891. The van der Waals surface area contributed by atoms with Gasteiger partial charge in [0.05, 0.1) is 6.61 Å². The summed E-state index contributed by atoms with van der Waals surface area (Å²) in [6.45, 7) is 4.35. The average molecular weight is 143 g/mol. The number of hydrogen-bond donors (Lipinski definition) is 2. The van der Waals surface area contributed by atoms with Crippen LogP contribution in [-0.4, -0.2) is 17.8 Å². The molecule has 3 N–H and O–H groups in total. The summed E-state index contributed by atoms with van der Waals surface area (Å²) >= 11 is 0. The largest absolute Gasteiger partial charge is 0.392 e. The second-order valence-electron chi connectivity index (χ2n) is 2.90. The summed E-state index contributed by atoms with van der Waals surface area (Å²) in [5, 5.41) is 8.41. The van der Waals surface area contributed by atoms with Gasteiger partial charge in [-0.3, -0.25) is 0 Å². The molecule has 0 saturated heterocycles. The molecule has 2 heteroatoms. The number of nitrogens with two attached hydrogens (primary N) is 1. The first kappa shape index (κ1) is 9.66. The standard InChI is InChI=1S/C8H17NO/c1-7(2)6-8(9)4-3-5-10/h3-4,7-8,10H,5-6,9H2,1-2H3/b4-3+/t8-/m1/s1. The van der Waals surface area contributed by atoms with Gasteiger partial charge in [-0.25, -0.2) is 0 Å². The van der Waals surface area contributed by atoms with Gasteiger partial charge in [-0.05, 0) is 12.3 Å². The van der Waals surface area contributed by atoms with E-state index in [9.17, 15) is 0 Å². The molecule has 0 aromatic heterocycles. The molecule has 0 bridgehead atoms. The van der Waals surface area contributed by atoms with Gasteiger partial charge in [0.15, 0.2) is 0 Å². The fraction of sp³-hybridized carbons (Fsp3) is 0.750. The van der Waals surface area contributed by atoms with E-state index in [0.29, 0.717) is 5.92 Å². The Balaban J connectivity index is 3.42. The molecule has 0 spiro atoms. The molecule has 0 aliphatic rings. The molecule has 0 amide bonds. The van der Waals surface area contributed by atoms with Crippen LogP contribution < -0.4 is 5.73 Å². The first-order chi connectivity index (χ1) is 4.66. The highest BCUT2D eigenvalue weighted by Gasteiger charge is 1.99. The quantitative estimate of drug-likeness (QED) is 0.574. The van der Waals surface area contributed by atoms with Gasteiger partial charge in [0, 0.05) is 6.04 Å². The van der Waals surface area contributed by atoms with Crippen molar-refractivity contribution in [1.82, 2.24) is 0 Å². The van der Waals surface area contributed by atoms with E-state index in [2.05, 4.69) is 13.8 Å². The smallest absolute Gasteiger partial charge is 0.0612 e. The summed E-state index contributed by atoms with van der Waals surface area (Å²) in [6, 6.07) is 0.104. The van der Waals surface area contributed by atoms with Crippen molar-refractivity contribution in [3.8, 4) is 0 Å². The molecular formula is C8H17NO. The van der Waals surface area contributed by atoms with Crippen LogP contribution in [0.15, 0.2) is 12.2 Å². The van der Waals surface area contributed by atoms with Gasteiger partial charge in [0.1, 0.15) is 0 Å². The molecule has 2 nitrogen and oxygen atoms in total. The Morgan fingerprint density at radius 1 is 1.50 bits per heavy atom. The molecule has 0 aromatic rings. The fourth-order valence-electron chi connectivity index (χ4n) is 0.859. The molecule has 0 aliphatic heterocycles. The predicted molar refractivity (Wildman–Crippen MR) is 43.7 cm³/mol. The summed E-state index contributed by atoms with van der Waals surface area (Å²) in [5.74, 6) is 0.623. The van der Waals surface area contributed by atoms with E-state index in [4.69, 9.17) is 10.8 Å². The van der Waals surface area contributed by atoms with Crippen LogP contribution in [0, 0.1) is 5.92 Å². The summed E-state index contributed by atoms with van der Waals surface area (Å²) in [6.07, 6.45) is 4.52. The van der Waals surface area contributed by atoms with E-state index in [1.807, 2.05) is 6.08 Å². The molecule has 60 valence electrons. The van der Waals surface area contributed by atoms with Crippen LogP contribution in [0.25, 0.3) is 0 Å². The zero-order valence-electron chi connectivity index (χ0n) is 6.75. The highest BCUT2D eigenvalue weighted by atomic mass is 16.2. The van der Waals surface area contributed by atoms with E-state index in [1.54, 1.807) is 6.08 Å².